The maximum Gasteiger partial charge on any atom is 0.240 e. The Kier molecular flexibility index (Phi) is 12.9. The molecular formula is C37H37Cl3N4O2S3. The lowest BCUT2D eigenvalue weighted by molar-refractivity contribution is 0.578. The summed E-state index contributed by atoms with van der Waals surface area (Å²) in [7, 11) is -3.52. The summed E-state index contributed by atoms with van der Waals surface area (Å²) < 4.78 is 27.9. The van der Waals surface area contributed by atoms with Crippen molar-refractivity contribution in [3.05, 3.63) is 125 Å². The fourth-order valence-corrected chi connectivity index (χ4v) is 9.52. The number of benzene rings is 5. The van der Waals surface area contributed by atoms with Gasteiger partial charge in [0.05, 0.1) is 27.6 Å². The molecule has 0 saturated heterocycles. The van der Waals surface area contributed by atoms with Crippen molar-refractivity contribution >= 4 is 91.9 Å². The highest BCUT2D eigenvalue weighted by molar-refractivity contribution is 8.00. The number of para-hydroxylation sites is 2. The third-order valence-electron chi connectivity index (χ3n) is 8.00. The zero-order valence-corrected chi connectivity index (χ0v) is 31.6. The Bertz CT molecular complexity index is 2030. The fraction of sp³-hybridized carbons (Fsp3) is 0.189. The highest BCUT2D eigenvalue weighted by atomic mass is 35.5. The fourth-order valence-electron chi connectivity index (χ4n) is 5.72. The van der Waals surface area contributed by atoms with Crippen LogP contribution in [0.1, 0.15) is 18.4 Å². The van der Waals surface area contributed by atoms with Crippen molar-refractivity contribution in [3.63, 3.8) is 0 Å². The van der Waals surface area contributed by atoms with Crippen LogP contribution in [0.4, 0.5) is 22.7 Å². The van der Waals surface area contributed by atoms with Crippen molar-refractivity contribution in [2.24, 2.45) is 5.73 Å². The van der Waals surface area contributed by atoms with Crippen LogP contribution in [0.3, 0.4) is 0 Å². The highest BCUT2D eigenvalue weighted by Crippen LogP contribution is 2.50. The maximum atomic E-state index is 12.6. The summed E-state index contributed by atoms with van der Waals surface area (Å²) in [6, 6.07) is 35.7. The molecule has 3 N–H and O–H groups in total. The highest BCUT2D eigenvalue weighted by Gasteiger charge is 2.24. The molecule has 5 aromatic carbocycles. The number of fused-ring (bicyclic) bond motifs is 4. The van der Waals surface area contributed by atoms with Gasteiger partial charge in [0.25, 0.3) is 0 Å². The second-order valence-electron chi connectivity index (χ2n) is 11.3. The van der Waals surface area contributed by atoms with Gasteiger partial charge in [-0.05, 0) is 98.6 Å². The minimum Gasteiger partial charge on any atom is -0.340 e. The van der Waals surface area contributed by atoms with Crippen LogP contribution >= 0.6 is 59.1 Å². The van der Waals surface area contributed by atoms with E-state index in [9.17, 15) is 8.42 Å². The van der Waals surface area contributed by atoms with E-state index in [1.807, 2.05) is 48.5 Å². The third-order valence-corrected chi connectivity index (χ3v) is 12.3. The van der Waals surface area contributed by atoms with Gasteiger partial charge in [-0.2, -0.15) is 0 Å². The van der Waals surface area contributed by atoms with E-state index in [2.05, 4.69) is 57.0 Å². The van der Waals surface area contributed by atoms with E-state index in [1.165, 1.54) is 26.1 Å². The lowest BCUT2D eigenvalue weighted by Crippen LogP contribution is -2.29. The second-order valence-corrected chi connectivity index (χ2v) is 16.1. The first kappa shape index (κ1) is 37.4. The van der Waals surface area contributed by atoms with Crippen molar-refractivity contribution in [1.82, 2.24) is 4.72 Å². The number of nitrogens with two attached hydrogens (primary N) is 1. The number of sulfonamides is 1. The summed E-state index contributed by atoms with van der Waals surface area (Å²) in [4.78, 5) is 9.73. The predicted octanol–water partition coefficient (Wildman–Crippen LogP) is 10.3. The Balaban J connectivity index is 0.000000203. The first-order valence-corrected chi connectivity index (χ1v) is 19.6. The van der Waals surface area contributed by atoms with E-state index >= 15 is 0 Å². The van der Waals surface area contributed by atoms with Crippen molar-refractivity contribution in [2.75, 3.05) is 36.0 Å². The predicted molar refractivity (Wildman–Crippen MR) is 210 cm³/mol. The Labute approximate surface area is 313 Å². The molecule has 0 saturated carbocycles. The molecule has 0 unspecified atom stereocenters. The molecular weight excluding hydrogens is 735 g/mol. The second kappa shape index (κ2) is 16.9. The zero-order valence-electron chi connectivity index (χ0n) is 26.8. The summed E-state index contributed by atoms with van der Waals surface area (Å²) in [5, 5.41) is 1.46. The smallest absolute Gasteiger partial charge is 0.240 e. The van der Waals surface area contributed by atoms with Crippen molar-refractivity contribution in [3.8, 4) is 0 Å². The van der Waals surface area contributed by atoms with Crippen molar-refractivity contribution in [2.45, 2.75) is 44.2 Å². The van der Waals surface area contributed by atoms with Crippen molar-refractivity contribution < 1.29 is 8.42 Å². The van der Waals surface area contributed by atoms with Crippen LogP contribution in [-0.4, -0.2) is 34.6 Å². The average molecular weight is 772 g/mol. The Morgan fingerprint density at radius 3 is 1.65 bits per heavy atom. The van der Waals surface area contributed by atoms with E-state index in [0.29, 0.717) is 36.0 Å². The van der Waals surface area contributed by atoms with Gasteiger partial charge in [0.1, 0.15) is 0 Å². The van der Waals surface area contributed by atoms with Crippen LogP contribution in [-0.2, 0) is 10.0 Å². The molecule has 5 aromatic rings. The monoisotopic (exact) mass is 770 g/mol. The molecule has 0 radical (unpaired) electrons. The summed E-state index contributed by atoms with van der Waals surface area (Å²) in [6.45, 7) is 4.46. The molecule has 2 aliphatic heterocycles. The van der Waals surface area contributed by atoms with E-state index in [0.717, 1.165) is 39.8 Å². The van der Waals surface area contributed by atoms with Gasteiger partial charge in [0.2, 0.25) is 10.0 Å². The molecule has 7 rings (SSSR count). The number of anilines is 4. The van der Waals surface area contributed by atoms with Crippen LogP contribution in [0, 0.1) is 6.92 Å². The minimum absolute atomic E-state index is 0. The molecule has 0 aliphatic carbocycles. The molecule has 2 aliphatic rings. The summed E-state index contributed by atoms with van der Waals surface area (Å²) in [6.07, 6.45) is 1.63. The average Bonchev–Trinajstić information content (AvgIpc) is 3.09. The SMILES string of the molecule is Cc1ccccc1S(=O)(=O)NCCCN1c2ccccc2Sc2ccc(Cl)cc21.Cl.NCCCN1c2ccccc2Sc2ccc(Cl)cc21. The number of hydrogen-bond donors (Lipinski definition) is 2. The summed E-state index contributed by atoms with van der Waals surface area (Å²) in [5.74, 6) is 0. The zero-order chi connectivity index (χ0) is 33.7. The van der Waals surface area contributed by atoms with E-state index in [-0.39, 0.29) is 12.4 Å². The van der Waals surface area contributed by atoms with Gasteiger partial charge < -0.3 is 15.5 Å². The third kappa shape index (κ3) is 8.72. The van der Waals surface area contributed by atoms with E-state index in [4.69, 9.17) is 28.9 Å². The van der Waals surface area contributed by atoms with Crippen LogP contribution in [0.15, 0.2) is 134 Å². The first-order chi connectivity index (χ1) is 23.2. The van der Waals surface area contributed by atoms with Crippen LogP contribution in [0.5, 0.6) is 0 Å². The summed E-state index contributed by atoms with van der Waals surface area (Å²) in [5.41, 5.74) is 11.0. The molecule has 6 nitrogen and oxygen atoms in total. The molecule has 49 heavy (non-hydrogen) atoms. The van der Waals surface area contributed by atoms with Gasteiger partial charge in [-0.1, -0.05) is 89.2 Å². The van der Waals surface area contributed by atoms with Crippen LogP contribution in [0.25, 0.3) is 0 Å². The minimum atomic E-state index is -3.52. The molecule has 0 bridgehead atoms. The number of hydrogen-bond acceptors (Lipinski definition) is 7. The van der Waals surface area contributed by atoms with Crippen molar-refractivity contribution in [1.29, 1.82) is 0 Å². The molecule has 0 amide bonds. The molecule has 0 spiro atoms. The number of nitrogens with zero attached hydrogens (tertiary/aromatic N) is 2. The summed E-state index contributed by atoms with van der Waals surface area (Å²) >= 11 is 15.9. The maximum absolute atomic E-state index is 12.6. The number of halogens is 3. The number of aryl methyl sites for hydroxylation is 1. The quantitative estimate of drug-likeness (QED) is 0.145. The van der Waals surface area contributed by atoms with Gasteiger partial charge in [0.15, 0.2) is 0 Å². The van der Waals surface area contributed by atoms with Gasteiger partial charge >= 0.3 is 0 Å². The first-order valence-electron chi connectivity index (χ1n) is 15.7. The lowest BCUT2D eigenvalue weighted by atomic mass is 10.2. The van der Waals surface area contributed by atoms with Gasteiger partial charge in [0, 0.05) is 49.3 Å². The molecule has 12 heteroatoms. The molecule has 256 valence electrons. The Hall–Kier alpha value is -2.86. The molecule has 0 aromatic heterocycles. The normalized spacial score (nSPS) is 12.8. The van der Waals surface area contributed by atoms with Gasteiger partial charge in [-0.25, -0.2) is 13.1 Å². The largest absolute Gasteiger partial charge is 0.340 e. The Morgan fingerprint density at radius 2 is 1.12 bits per heavy atom. The topological polar surface area (TPSA) is 78.7 Å². The number of nitrogens with one attached hydrogen (secondary N) is 1. The standard InChI is InChI=1S/C22H21ClN2O2S2.C15H15ClN2S.ClH/c1-16-7-2-5-10-22(16)29(26,27)24-13-6-14-25-18-8-3-4-9-20(18)28-21-12-11-17(23)15-19(21)25;16-11-6-7-15-13(10-11)18(9-3-8-17)12-4-1-2-5-14(12)19-15;/h2-5,7-12,15,24H,6,13-14H2,1H3;1-2,4-7,10H,3,8-9,17H2;1H. The molecule has 0 fully saturated rings. The van der Waals surface area contributed by atoms with Crippen LogP contribution < -0.4 is 20.3 Å². The number of rotatable bonds is 9. The lowest BCUT2D eigenvalue weighted by Gasteiger charge is -2.33. The van der Waals surface area contributed by atoms with Crippen LogP contribution in [0.2, 0.25) is 10.0 Å². The van der Waals surface area contributed by atoms with E-state index in [1.54, 1.807) is 48.6 Å². The van der Waals surface area contributed by atoms with Gasteiger partial charge in [-0.3, -0.25) is 0 Å². The molecule has 0 atom stereocenters. The Morgan fingerprint density at radius 1 is 0.653 bits per heavy atom. The van der Waals surface area contributed by atoms with E-state index < -0.39 is 10.0 Å². The molecule has 2 heterocycles. The van der Waals surface area contributed by atoms with Gasteiger partial charge in [-0.15, -0.1) is 12.4 Å².